The van der Waals surface area contributed by atoms with Crippen molar-refractivity contribution in [2.24, 2.45) is 10.7 Å². The lowest BCUT2D eigenvalue weighted by Gasteiger charge is -2.29. The lowest BCUT2D eigenvalue weighted by atomic mass is 10.1. The molecule has 1 atom stereocenters. The first-order valence-corrected chi connectivity index (χ1v) is 5.87. The molecule has 4 N–H and O–H groups in total. The predicted octanol–water partition coefficient (Wildman–Crippen LogP) is -0.820. The Bertz CT molecular complexity index is 285. The fraction of sp³-hybridized carbons (Fsp3) is 0.800. The van der Waals surface area contributed by atoms with Gasteiger partial charge in [0.25, 0.3) is 0 Å². The van der Waals surface area contributed by atoms with Gasteiger partial charge in [-0.3, -0.25) is 10.1 Å². The number of aliphatic imine (C=N–C) groups is 1. The number of rotatable bonds is 1. The van der Waals surface area contributed by atoms with Crippen LogP contribution in [0.5, 0.6) is 0 Å². The number of carbonyl (C=O) groups is 1. The number of carbonyl (C=O) groups excluding carboxylic acids is 1. The average molecular weight is 225 g/mol. The van der Waals surface area contributed by atoms with E-state index >= 15 is 0 Å². The summed E-state index contributed by atoms with van der Waals surface area (Å²) in [5.74, 6) is 0.554. The molecule has 0 aromatic heterocycles. The summed E-state index contributed by atoms with van der Waals surface area (Å²) in [4.78, 5) is 17.5. The van der Waals surface area contributed by atoms with Crippen LogP contribution in [0.4, 0.5) is 0 Å². The lowest BCUT2D eigenvalue weighted by molar-refractivity contribution is -0.123. The van der Waals surface area contributed by atoms with E-state index in [4.69, 9.17) is 5.73 Å². The van der Waals surface area contributed by atoms with Crippen LogP contribution in [0.1, 0.15) is 25.7 Å². The number of likely N-dealkylation sites (tertiary alicyclic amines) is 1. The Morgan fingerprint density at radius 2 is 2.12 bits per heavy atom. The molecular weight excluding hydrogens is 206 g/mol. The Morgan fingerprint density at radius 3 is 2.81 bits per heavy atom. The number of guanidine groups is 1. The van der Waals surface area contributed by atoms with Gasteiger partial charge in [-0.2, -0.15) is 0 Å². The third kappa shape index (κ3) is 2.85. The maximum Gasteiger partial charge on any atom is 0.223 e. The molecule has 0 aromatic carbocycles. The van der Waals surface area contributed by atoms with Crippen LogP contribution < -0.4 is 16.4 Å². The Labute approximate surface area is 95.3 Å². The summed E-state index contributed by atoms with van der Waals surface area (Å²) in [6, 6.07) is 0. The normalized spacial score (nSPS) is 27.8. The van der Waals surface area contributed by atoms with E-state index < -0.39 is 0 Å². The van der Waals surface area contributed by atoms with Crippen LogP contribution in [0.25, 0.3) is 0 Å². The van der Waals surface area contributed by atoms with Gasteiger partial charge in [0.05, 0.1) is 0 Å². The molecular formula is C10H19N5O. The molecule has 2 aliphatic heterocycles. The maximum atomic E-state index is 11.2. The number of hydrogen-bond donors (Lipinski definition) is 3. The second-order valence-corrected chi connectivity index (χ2v) is 4.21. The van der Waals surface area contributed by atoms with Crippen molar-refractivity contribution < 1.29 is 4.79 Å². The summed E-state index contributed by atoms with van der Waals surface area (Å²) in [6.07, 6.45) is 3.75. The molecule has 0 saturated carbocycles. The molecule has 2 saturated heterocycles. The number of amides is 1. The molecule has 0 radical (unpaired) electrons. The summed E-state index contributed by atoms with van der Waals surface area (Å²) in [5, 5.41) is 5.84. The first-order valence-electron chi connectivity index (χ1n) is 5.87. The summed E-state index contributed by atoms with van der Waals surface area (Å²) < 4.78 is 0. The number of nitrogens with two attached hydrogens (primary N) is 1. The van der Waals surface area contributed by atoms with E-state index in [0.717, 1.165) is 13.1 Å². The molecule has 6 nitrogen and oxygen atoms in total. The largest absolute Gasteiger partial charge is 0.370 e. The van der Waals surface area contributed by atoms with E-state index in [-0.39, 0.29) is 12.2 Å². The molecule has 1 unspecified atom stereocenters. The van der Waals surface area contributed by atoms with E-state index in [9.17, 15) is 4.79 Å². The van der Waals surface area contributed by atoms with Gasteiger partial charge in [0.15, 0.2) is 12.2 Å². The van der Waals surface area contributed by atoms with Gasteiger partial charge in [-0.1, -0.05) is 0 Å². The predicted molar refractivity (Wildman–Crippen MR) is 61.6 cm³/mol. The molecule has 0 aliphatic carbocycles. The van der Waals surface area contributed by atoms with E-state index in [1.54, 1.807) is 0 Å². The molecule has 0 spiro atoms. The van der Waals surface area contributed by atoms with Gasteiger partial charge in [0.1, 0.15) is 0 Å². The molecule has 90 valence electrons. The Morgan fingerprint density at radius 1 is 1.38 bits per heavy atom. The summed E-state index contributed by atoms with van der Waals surface area (Å²) in [6.45, 7) is 2.60. The second-order valence-electron chi connectivity index (χ2n) is 4.21. The fourth-order valence-corrected chi connectivity index (χ4v) is 2.01. The summed E-state index contributed by atoms with van der Waals surface area (Å²) >= 11 is 0. The van der Waals surface area contributed by atoms with Crippen LogP contribution in [0.15, 0.2) is 4.99 Å². The smallest absolute Gasteiger partial charge is 0.223 e. The fourth-order valence-electron chi connectivity index (χ4n) is 2.01. The standard InChI is InChI=1S/C10H19N5O/c11-9(15-6-2-1-3-7-15)14-10-12-5-4-8(16)13-10/h10,12H,1-7H2,(H2,11,14)(H,13,16). The highest BCUT2D eigenvalue weighted by molar-refractivity contribution is 5.80. The molecule has 0 aromatic rings. The van der Waals surface area contributed by atoms with Crippen molar-refractivity contribution in [2.75, 3.05) is 19.6 Å². The Hall–Kier alpha value is -1.30. The van der Waals surface area contributed by atoms with E-state index in [1.807, 2.05) is 0 Å². The summed E-state index contributed by atoms with van der Waals surface area (Å²) in [7, 11) is 0. The molecule has 2 heterocycles. The topological polar surface area (TPSA) is 82.7 Å². The van der Waals surface area contributed by atoms with Gasteiger partial charge in [-0.25, -0.2) is 4.99 Å². The minimum Gasteiger partial charge on any atom is -0.370 e. The van der Waals surface area contributed by atoms with Gasteiger partial charge in [-0.05, 0) is 19.3 Å². The molecule has 1 amide bonds. The van der Waals surface area contributed by atoms with Gasteiger partial charge in [0, 0.05) is 26.1 Å². The third-order valence-electron chi connectivity index (χ3n) is 2.93. The Balaban J connectivity index is 1.91. The summed E-state index contributed by atoms with van der Waals surface area (Å²) in [5.41, 5.74) is 5.91. The quantitative estimate of drug-likeness (QED) is 0.402. The molecule has 2 rings (SSSR count). The first-order chi connectivity index (χ1) is 7.75. The van der Waals surface area contributed by atoms with Crippen molar-refractivity contribution >= 4 is 11.9 Å². The highest BCUT2D eigenvalue weighted by Crippen LogP contribution is 2.08. The second kappa shape index (κ2) is 5.16. The number of nitrogens with zero attached hydrogens (tertiary/aromatic N) is 2. The van der Waals surface area contributed by atoms with Crippen molar-refractivity contribution in [1.29, 1.82) is 0 Å². The zero-order valence-corrected chi connectivity index (χ0v) is 9.41. The monoisotopic (exact) mass is 225 g/mol. The number of nitrogens with one attached hydrogen (secondary N) is 2. The zero-order chi connectivity index (χ0) is 11.4. The maximum absolute atomic E-state index is 11.2. The average Bonchev–Trinajstić information content (AvgIpc) is 2.30. The molecule has 2 fully saturated rings. The van der Waals surface area contributed by atoms with Gasteiger partial charge in [0.2, 0.25) is 5.91 Å². The number of piperidine rings is 1. The highest BCUT2D eigenvalue weighted by atomic mass is 16.2. The van der Waals surface area contributed by atoms with Crippen LogP contribution in [0.3, 0.4) is 0 Å². The SMILES string of the molecule is NC(=NC1NCCC(=O)N1)N1CCCCC1. The van der Waals surface area contributed by atoms with Crippen LogP contribution in [0, 0.1) is 0 Å². The minimum absolute atomic E-state index is 0.0268. The van der Waals surface area contributed by atoms with E-state index in [2.05, 4.69) is 20.5 Å². The number of hydrogen-bond acceptors (Lipinski definition) is 3. The van der Waals surface area contributed by atoms with E-state index in [1.165, 1.54) is 19.3 Å². The van der Waals surface area contributed by atoms with Crippen LogP contribution in [-0.2, 0) is 4.79 Å². The van der Waals surface area contributed by atoms with Crippen LogP contribution in [0.2, 0.25) is 0 Å². The zero-order valence-electron chi connectivity index (χ0n) is 9.41. The van der Waals surface area contributed by atoms with Crippen LogP contribution >= 0.6 is 0 Å². The molecule has 2 aliphatic rings. The van der Waals surface area contributed by atoms with Gasteiger partial charge >= 0.3 is 0 Å². The first kappa shape index (κ1) is 11.2. The van der Waals surface area contributed by atoms with Crippen LogP contribution in [-0.4, -0.2) is 42.7 Å². The van der Waals surface area contributed by atoms with Gasteiger partial charge in [-0.15, -0.1) is 0 Å². The van der Waals surface area contributed by atoms with Crippen molar-refractivity contribution in [2.45, 2.75) is 32.0 Å². The van der Waals surface area contributed by atoms with Crippen molar-refractivity contribution in [3.63, 3.8) is 0 Å². The lowest BCUT2D eigenvalue weighted by Crippen LogP contribution is -2.52. The molecule has 0 bridgehead atoms. The minimum atomic E-state index is -0.358. The van der Waals surface area contributed by atoms with Crippen molar-refractivity contribution in [3.05, 3.63) is 0 Å². The molecule has 6 heteroatoms. The van der Waals surface area contributed by atoms with Crippen molar-refractivity contribution in [1.82, 2.24) is 15.5 Å². The molecule has 16 heavy (non-hydrogen) atoms. The highest BCUT2D eigenvalue weighted by Gasteiger charge is 2.18. The van der Waals surface area contributed by atoms with E-state index in [0.29, 0.717) is 18.9 Å². The third-order valence-corrected chi connectivity index (χ3v) is 2.93. The van der Waals surface area contributed by atoms with Gasteiger partial charge < -0.3 is 16.0 Å². The Kier molecular flexibility index (Phi) is 3.61. The van der Waals surface area contributed by atoms with Crippen molar-refractivity contribution in [3.8, 4) is 0 Å².